The van der Waals surface area contributed by atoms with E-state index in [2.05, 4.69) is 25.5 Å². The van der Waals surface area contributed by atoms with Crippen LogP contribution in [0.2, 0.25) is 5.28 Å². The zero-order chi connectivity index (χ0) is 11.8. The maximum atomic E-state index is 5.78. The molecule has 0 spiro atoms. The molecule has 6 nitrogen and oxygen atoms in total. The van der Waals surface area contributed by atoms with E-state index in [4.69, 9.17) is 11.6 Å². The summed E-state index contributed by atoms with van der Waals surface area (Å²) in [5, 5.41) is 13.5. The van der Waals surface area contributed by atoms with E-state index in [1.165, 1.54) is 11.8 Å². The summed E-state index contributed by atoms with van der Waals surface area (Å²) in [6, 6.07) is 0.449. The van der Waals surface area contributed by atoms with E-state index in [1.807, 2.05) is 11.6 Å². The third kappa shape index (κ3) is 2.25. The van der Waals surface area contributed by atoms with Gasteiger partial charge in [-0.25, -0.2) is 14.6 Å². The summed E-state index contributed by atoms with van der Waals surface area (Å²) in [4.78, 5) is 8.10. The average Bonchev–Trinajstić information content (AvgIpc) is 3.05. The maximum Gasteiger partial charge on any atom is 0.223 e. The van der Waals surface area contributed by atoms with Gasteiger partial charge in [-0.3, -0.25) is 0 Å². The van der Waals surface area contributed by atoms with Gasteiger partial charge in [-0.1, -0.05) is 0 Å². The molecule has 2 aromatic heterocycles. The Balaban J connectivity index is 1.90. The van der Waals surface area contributed by atoms with Gasteiger partial charge in [0.1, 0.15) is 5.03 Å². The van der Waals surface area contributed by atoms with Crippen molar-refractivity contribution in [1.29, 1.82) is 0 Å². The van der Waals surface area contributed by atoms with E-state index in [9.17, 15) is 0 Å². The van der Waals surface area contributed by atoms with Crippen molar-refractivity contribution in [2.24, 2.45) is 0 Å². The predicted molar refractivity (Wildman–Crippen MR) is 62.0 cm³/mol. The Morgan fingerprint density at radius 3 is 3.06 bits per heavy atom. The quantitative estimate of drug-likeness (QED) is 0.626. The number of halogens is 1. The highest BCUT2D eigenvalue weighted by atomic mass is 35.5. The molecular weight excluding hydrogens is 260 g/mol. The highest BCUT2D eigenvalue weighted by Gasteiger charge is 2.28. The second kappa shape index (κ2) is 4.23. The van der Waals surface area contributed by atoms with Crippen LogP contribution in [0.4, 0.5) is 0 Å². The van der Waals surface area contributed by atoms with Gasteiger partial charge in [-0.15, -0.1) is 5.10 Å². The lowest BCUT2D eigenvalue weighted by atomic mass is 10.4. The Morgan fingerprint density at radius 2 is 2.29 bits per heavy atom. The molecule has 8 heteroatoms. The van der Waals surface area contributed by atoms with Gasteiger partial charge in [0.2, 0.25) is 10.4 Å². The van der Waals surface area contributed by atoms with Crippen LogP contribution in [0.1, 0.15) is 24.4 Å². The van der Waals surface area contributed by atoms with Crippen LogP contribution in [-0.2, 0) is 0 Å². The normalized spacial score (nSPS) is 15.2. The molecule has 17 heavy (non-hydrogen) atoms. The van der Waals surface area contributed by atoms with Crippen molar-refractivity contribution < 1.29 is 0 Å². The summed E-state index contributed by atoms with van der Waals surface area (Å²) >= 11 is 7.20. The van der Waals surface area contributed by atoms with E-state index in [-0.39, 0.29) is 5.28 Å². The largest absolute Gasteiger partial charge is 0.226 e. The van der Waals surface area contributed by atoms with Crippen LogP contribution < -0.4 is 0 Å². The summed E-state index contributed by atoms with van der Waals surface area (Å²) < 4.78 is 1.85. The first-order valence-corrected chi connectivity index (χ1v) is 6.38. The average molecular weight is 269 g/mol. The minimum absolute atomic E-state index is 0.239. The van der Waals surface area contributed by atoms with E-state index in [1.54, 1.807) is 6.20 Å². The van der Waals surface area contributed by atoms with Crippen LogP contribution in [0.5, 0.6) is 0 Å². The summed E-state index contributed by atoms with van der Waals surface area (Å²) in [5.74, 6) is 0. The second-order valence-electron chi connectivity index (χ2n) is 3.87. The molecule has 0 N–H and O–H groups in total. The van der Waals surface area contributed by atoms with Gasteiger partial charge in [0.05, 0.1) is 6.04 Å². The van der Waals surface area contributed by atoms with Crippen LogP contribution >= 0.6 is 23.4 Å². The molecule has 0 radical (unpaired) electrons. The molecule has 0 aliphatic heterocycles. The molecule has 1 aliphatic rings. The first-order chi connectivity index (χ1) is 8.24. The van der Waals surface area contributed by atoms with Gasteiger partial charge in [0.15, 0.2) is 0 Å². The van der Waals surface area contributed by atoms with Crippen molar-refractivity contribution in [3.05, 3.63) is 17.0 Å². The molecule has 1 saturated carbocycles. The molecule has 0 saturated heterocycles. The third-order valence-corrected chi connectivity index (χ3v) is 3.68. The summed E-state index contributed by atoms with van der Waals surface area (Å²) in [7, 11) is 0. The van der Waals surface area contributed by atoms with E-state index < -0.39 is 0 Å². The Morgan fingerprint density at radius 1 is 1.47 bits per heavy atom. The standard InChI is InChI=1S/C9H9ClN6S/c1-5-4-11-8(10)12-7(5)17-9-13-14-15-16(9)6-2-3-6/h4,6H,2-3H2,1H3. The molecule has 1 fully saturated rings. The fourth-order valence-electron chi connectivity index (χ4n) is 1.40. The Hall–Kier alpha value is -1.21. The summed E-state index contributed by atoms with van der Waals surface area (Å²) in [6.45, 7) is 1.93. The number of nitrogens with zero attached hydrogens (tertiary/aromatic N) is 6. The molecular formula is C9H9ClN6S. The summed E-state index contributed by atoms with van der Waals surface area (Å²) in [6.07, 6.45) is 3.98. The van der Waals surface area contributed by atoms with Gasteiger partial charge in [0, 0.05) is 11.8 Å². The Labute approximate surface area is 107 Å². The minimum atomic E-state index is 0.239. The van der Waals surface area contributed by atoms with Gasteiger partial charge in [-0.05, 0) is 53.6 Å². The van der Waals surface area contributed by atoms with Gasteiger partial charge in [-0.2, -0.15) is 0 Å². The van der Waals surface area contributed by atoms with Crippen molar-refractivity contribution in [2.75, 3.05) is 0 Å². The van der Waals surface area contributed by atoms with E-state index >= 15 is 0 Å². The highest BCUT2D eigenvalue weighted by Crippen LogP contribution is 2.38. The number of aromatic nitrogens is 6. The van der Waals surface area contributed by atoms with Gasteiger partial charge in [0.25, 0.3) is 0 Å². The molecule has 2 heterocycles. The van der Waals surface area contributed by atoms with Crippen molar-refractivity contribution in [2.45, 2.75) is 36.0 Å². The van der Waals surface area contributed by atoms with Crippen LogP contribution in [0.3, 0.4) is 0 Å². The van der Waals surface area contributed by atoms with Crippen LogP contribution in [0.15, 0.2) is 16.4 Å². The zero-order valence-electron chi connectivity index (χ0n) is 9.04. The second-order valence-corrected chi connectivity index (χ2v) is 5.16. The molecule has 2 aromatic rings. The van der Waals surface area contributed by atoms with Gasteiger partial charge >= 0.3 is 0 Å². The van der Waals surface area contributed by atoms with Gasteiger partial charge < -0.3 is 0 Å². The molecule has 0 bridgehead atoms. The Kier molecular flexibility index (Phi) is 2.71. The first-order valence-electron chi connectivity index (χ1n) is 5.19. The SMILES string of the molecule is Cc1cnc(Cl)nc1Sc1nnnn1C1CC1. The van der Waals surface area contributed by atoms with Crippen molar-refractivity contribution in [3.8, 4) is 0 Å². The number of hydrogen-bond acceptors (Lipinski definition) is 6. The predicted octanol–water partition coefficient (Wildman–Crippen LogP) is 1.91. The minimum Gasteiger partial charge on any atom is -0.226 e. The fourth-order valence-corrected chi connectivity index (χ4v) is 2.46. The molecule has 0 atom stereocenters. The van der Waals surface area contributed by atoms with Crippen molar-refractivity contribution in [1.82, 2.24) is 30.2 Å². The van der Waals surface area contributed by atoms with Crippen LogP contribution in [0.25, 0.3) is 0 Å². The van der Waals surface area contributed by atoms with Crippen LogP contribution in [0, 0.1) is 6.92 Å². The molecule has 0 amide bonds. The fraction of sp³-hybridized carbons (Fsp3) is 0.444. The highest BCUT2D eigenvalue weighted by molar-refractivity contribution is 7.99. The first kappa shape index (κ1) is 10.9. The number of hydrogen-bond donors (Lipinski definition) is 0. The molecule has 88 valence electrons. The monoisotopic (exact) mass is 268 g/mol. The lowest BCUT2D eigenvalue weighted by Gasteiger charge is -2.04. The van der Waals surface area contributed by atoms with Crippen molar-refractivity contribution in [3.63, 3.8) is 0 Å². The number of tetrazole rings is 1. The molecule has 1 aliphatic carbocycles. The van der Waals surface area contributed by atoms with Crippen LogP contribution in [-0.4, -0.2) is 30.2 Å². The third-order valence-electron chi connectivity index (χ3n) is 2.44. The maximum absolute atomic E-state index is 5.78. The lowest BCUT2D eigenvalue weighted by Crippen LogP contribution is -1.99. The zero-order valence-corrected chi connectivity index (χ0v) is 10.6. The number of rotatable bonds is 3. The van der Waals surface area contributed by atoms with Crippen molar-refractivity contribution >= 4 is 23.4 Å². The topological polar surface area (TPSA) is 69.4 Å². The smallest absolute Gasteiger partial charge is 0.223 e. The summed E-state index contributed by atoms with van der Waals surface area (Å²) in [5.41, 5.74) is 0.963. The van der Waals surface area contributed by atoms with E-state index in [0.717, 1.165) is 28.6 Å². The molecule has 0 unspecified atom stereocenters. The molecule has 0 aromatic carbocycles. The van der Waals surface area contributed by atoms with E-state index in [0.29, 0.717) is 6.04 Å². The molecule has 3 rings (SSSR count). The number of aryl methyl sites for hydroxylation is 1. The Bertz CT molecular complexity index is 552. The lowest BCUT2D eigenvalue weighted by molar-refractivity contribution is 0.565.